The van der Waals surface area contributed by atoms with Crippen LogP contribution in [0.1, 0.15) is 12.6 Å². The summed E-state index contributed by atoms with van der Waals surface area (Å²) in [6, 6.07) is 6.31. The number of hydrogen-bond acceptors (Lipinski definition) is 7. The van der Waals surface area contributed by atoms with E-state index >= 15 is 0 Å². The van der Waals surface area contributed by atoms with Crippen LogP contribution >= 0.6 is 11.3 Å². The third-order valence-corrected chi connectivity index (χ3v) is 3.33. The second-order valence-electron chi connectivity index (χ2n) is 4.03. The Kier molecular flexibility index (Phi) is 4.83. The summed E-state index contributed by atoms with van der Waals surface area (Å²) < 4.78 is 4.84. The standard InChI is InChI=1S/C13H13N3O4S/c1-2-20-12(17)7-9-8-21-13(14-9)15-10-5-3-4-6-11(10)16(18)19/h3-6,8H,2,7H2,1H3,(H,14,15). The average Bonchev–Trinajstić information content (AvgIpc) is 2.86. The zero-order valence-corrected chi connectivity index (χ0v) is 12.1. The van der Waals surface area contributed by atoms with Crippen LogP contribution in [0.5, 0.6) is 0 Å². The van der Waals surface area contributed by atoms with E-state index in [2.05, 4.69) is 10.3 Å². The number of ether oxygens (including phenoxy) is 1. The summed E-state index contributed by atoms with van der Waals surface area (Å²) >= 11 is 1.27. The van der Waals surface area contributed by atoms with E-state index < -0.39 is 4.92 Å². The second kappa shape index (κ2) is 6.80. The molecule has 0 saturated heterocycles. The summed E-state index contributed by atoms with van der Waals surface area (Å²) in [6.45, 7) is 2.06. The van der Waals surface area contributed by atoms with Crippen LogP contribution in [-0.2, 0) is 16.0 Å². The normalized spacial score (nSPS) is 10.1. The Hall–Kier alpha value is -2.48. The topological polar surface area (TPSA) is 94.4 Å². The minimum Gasteiger partial charge on any atom is -0.466 e. The van der Waals surface area contributed by atoms with Gasteiger partial charge in [0.2, 0.25) is 0 Å². The molecule has 110 valence electrons. The number of nitrogens with zero attached hydrogens (tertiary/aromatic N) is 2. The molecule has 8 heteroatoms. The number of nitrogens with one attached hydrogen (secondary N) is 1. The molecular weight excluding hydrogens is 294 g/mol. The first-order valence-corrected chi connectivity index (χ1v) is 7.08. The molecule has 0 fully saturated rings. The number of nitro groups is 1. The van der Waals surface area contributed by atoms with Crippen molar-refractivity contribution in [2.75, 3.05) is 11.9 Å². The SMILES string of the molecule is CCOC(=O)Cc1csc(Nc2ccccc2[N+](=O)[O-])n1. The number of carbonyl (C=O) groups is 1. The molecule has 2 rings (SSSR count). The summed E-state index contributed by atoms with van der Waals surface area (Å²) in [5.41, 5.74) is 0.902. The Morgan fingerprint density at radius 3 is 2.95 bits per heavy atom. The number of carbonyl (C=O) groups excluding carboxylic acids is 1. The van der Waals surface area contributed by atoms with Gasteiger partial charge in [0.1, 0.15) is 5.69 Å². The molecule has 0 aliphatic heterocycles. The highest BCUT2D eigenvalue weighted by Crippen LogP contribution is 2.28. The van der Waals surface area contributed by atoms with Crippen LogP contribution in [0.2, 0.25) is 0 Å². The van der Waals surface area contributed by atoms with Crippen molar-refractivity contribution in [1.82, 2.24) is 4.98 Å². The third-order valence-electron chi connectivity index (χ3n) is 2.52. The highest BCUT2D eigenvalue weighted by atomic mass is 32.1. The number of thiazole rings is 1. The molecule has 0 saturated carbocycles. The lowest BCUT2D eigenvalue weighted by molar-refractivity contribution is -0.383. The maximum Gasteiger partial charge on any atom is 0.311 e. The Labute approximate surface area is 124 Å². The summed E-state index contributed by atoms with van der Waals surface area (Å²) in [5, 5.41) is 16.0. The van der Waals surface area contributed by atoms with Gasteiger partial charge in [-0.3, -0.25) is 14.9 Å². The average molecular weight is 307 g/mol. The first-order valence-electron chi connectivity index (χ1n) is 6.20. The smallest absolute Gasteiger partial charge is 0.311 e. The minimum atomic E-state index is -0.463. The van der Waals surface area contributed by atoms with Gasteiger partial charge in [0, 0.05) is 11.4 Å². The molecule has 1 aromatic carbocycles. The lowest BCUT2D eigenvalue weighted by Crippen LogP contribution is -2.07. The van der Waals surface area contributed by atoms with E-state index in [0.717, 1.165) is 0 Å². The molecule has 1 heterocycles. The monoisotopic (exact) mass is 307 g/mol. The first kappa shape index (κ1) is 14.9. The fourth-order valence-electron chi connectivity index (χ4n) is 1.66. The number of rotatable bonds is 6. The van der Waals surface area contributed by atoms with Gasteiger partial charge in [-0.05, 0) is 13.0 Å². The molecule has 0 bridgehead atoms. The van der Waals surface area contributed by atoms with Crippen LogP contribution < -0.4 is 5.32 Å². The van der Waals surface area contributed by atoms with Gasteiger partial charge in [-0.1, -0.05) is 12.1 Å². The van der Waals surface area contributed by atoms with Gasteiger partial charge in [0.15, 0.2) is 5.13 Å². The van der Waals surface area contributed by atoms with E-state index in [4.69, 9.17) is 4.74 Å². The number of nitro benzene ring substituents is 1. The second-order valence-corrected chi connectivity index (χ2v) is 4.88. The van der Waals surface area contributed by atoms with Gasteiger partial charge >= 0.3 is 5.97 Å². The van der Waals surface area contributed by atoms with Gasteiger partial charge in [-0.2, -0.15) is 0 Å². The highest BCUT2D eigenvalue weighted by molar-refractivity contribution is 7.13. The van der Waals surface area contributed by atoms with Gasteiger partial charge in [-0.15, -0.1) is 11.3 Å². The number of esters is 1. The number of benzene rings is 1. The minimum absolute atomic E-state index is 0.0281. The maximum absolute atomic E-state index is 11.4. The third kappa shape index (κ3) is 3.99. The zero-order valence-electron chi connectivity index (χ0n) is 11.2. The highest BCUT2D eigenvalue weighted by Gasteiger charge is 2.14. The van der Waals surface area contributed by atoms with Crippen molar-refractivity contribution >= 4 is 33.8 Å². The predicted molar refractivity (Wildman–Crippen MR) is 78.8 cm³/mol. The summed E-state index contributed by atoms with van der Waals surface area (Å²) in [5.74, 6) is -0.347. The number of para-hydroxylation sites is 2. The quantitative estimate of drug-likeness (QED) is 0.501. The van der Waals surface area contributed by atoms with E-state index in [9.17, 15) is 14.9 Å². The summed E-state index contributed by atoms with van der Waals surface area (Å²) in [4.78, 5) is 26.0. The van der Waals surface area contributed by atoms with Crippen molar-refractivity contribution in [2.24, 2.45) is 0 Å². The van der Waals surface area contributed by atoms with Crippen molar-refractivity contribution in [3.63, 3.8) is 0 Å². The summed E-state index contributed by atoms with van der Waals surface area (Å²) in [7, 11) is 0. The Morgan fingerprint density at radius 1 is 1.48 bits per heavy atom. The molecule has 0 aliphatic carbocycles. The van der Waals surface area contributed by atoms with E-state index in [1.807, 2.05) is 0 Å². The molecule has 0 radical (unpaired) electrons. The van der Waals surface area contributed by atoms with Crippen LogP contribution in [0.3, 0.4) is 0 Å². The number of hydrogen-bond donors (Lipinski definition) is 1. The first-order chi connectivity index (χ1) is 10.1. The molecule has 0 aliphatic rings. The van der Waals surface area contributed by atoms with Crippen LogP contribution in [0, 0.1) is 10.1 Å². The van der Waals surface area contributed by atoms with Crippen LogP contribution in [-0.4, -0.2) is 22.5 Å². The number of anilines is 2. The fraction of sp³-hybridized carbons (Fsp3) is 0.231. The molecule has 0 atom stereocenters. The Bertz CT molecular complexity index is 656. The molecule has 1 aromatic heterocycles. The molecule has 21 heavy (non-hydrogen) atoms. The van der Waals surface area contributed by atoms with Crippen LogP contribution in [0.15, 0.2) is 29.6 Å². The summed E-state index contributed by atoms with van der Waals surface area (Å²) in [6.07, 6.45) is 0.0862. The molecule has 7 nitrogen and oxygen atoms in total. The lowest BCUT2D eigenvalue weighted by Gasteiger charge is -2.03. The van der Waals surface area contributed by atoms with E-state index in [1.165, 1.54) is 17.4 Å². The Balaban J connectivity index is 2.09. The molecule has 1 N–H and O–H groups in total. The Morgan fingerprint density at radius 2 is 2.24 bits per heavy atom. The van der Waals surface area contributed by atoms with Crippen LogP contribution in [0.25, 0.3) is 0 Å². The van der Waals surface area contributed by atoms with E-state index in [-0.39, 0.29) is 18.1 Å². The van der Waals surface area contributed by atoms with Crippen molar-refractivity contribution in [1.29, 1.82) is 0 Å². The van der Waals surface area contributed by atoms with Gasteiger partial charge in [0.05, 0.1) is 23.6 Å². The van der Waals surface area contributed by atoms with Crippen molar-refractivity contribution in [2.45, 2.75) is 13.3 Å². The van der Waals surface area contributed by atoms with Crippen molar-refractivity contribution in [3.05, 3.63) is 45.5 Å². The molecule has 0 spiro atoms. The van der Waals surface area contributed by atoms with Crippen LogP contribution in [0.4, 0.5) is 16.5 Å². The van der Waals surface area contributed by atoms with Gasteiger partial charge in [0.25, 0.3) is 5.69 Å². The predicted octanol–water partition coefficient (Wildman–Crippen LogP) is 2.90. The van der Waals surface area contributed by atoms with E-state index in [0.29, 0.717) is 23.1 Å². The van der Waals surface area contributed by atoms with Gasteiger partial charge < -0.3 is 10.1 Å². The lowest BCUT2D eigenvalue weighted by atomic mass is 10.3. The molecule has 0 amide bonds. The zero-order chi connectivity index (χ0) is 15.2. The fourth-order valence-corrected chi connectivity index (χ4v) is 2.38. The van der Waals surface area contributed by atoms with Crippen molar-refractivity contribution in [3.8, 4) is 0 Å². The maximum atomic E-state index is 11.4. The largest absolute Gasteiger partial charge is 0.466 e. The molecule has 0 unspecified atom stereocenters. The van der Waals surface area contributed by atoms with Crippen molar-refractivity contribution < 1.29 is 14.5 Å². The molecular formula is C13H13N3O4S. The van der Waals surface area contributed by atoms with E-state index in [1.54, 1.807) is 30.5 Å². The number of aromatic nitrogens is 1. The molecule has 2 aromatic rings. The van der Waals surface area contributed by atoms with Gasteiger partial charge in [-0.25, -0.2) is 4.98 Å².